The molecule has 2 atom stereocenters. The molecule has 232 valence electrons. The van der Waals surface area contributed by atoms with Gasteiger partial charge in [-0.3, -0.25) is 4.79 Å². The predicted octanol–water partition coefficient (Wildman–Crippen LogP) is 6.75. The molecule has 0 radical (unpaired) electrons. The van der Waals surface area contributed by atoms with Crippen LogP contribution < -0.4 is 14.8 Å². The molecule has 0 saturated heterocycles. The average molecular weight is 622 g/mol. The lowest BCUT2D eigenvalue weighted by atomic mass is 9.81. The minimum Gasteiger partial charge on any atom is -0.496 e. The van der Waals surface area contributed by atoms with Crippen molar-refractivity contribution in [1.82, 2.24) is 5.32 Å². The van der Waals surface area contributed by atoms with Gasteiger partial charge < -0.3 is 24.0 Å². The first-order chi connectivity index (χ1) is 19.7. The van der Waals surface area contributed by atoms with Crippen LogP contribution in [0.25, 0.3) is 0 Å². The molecule has 0 fully saturated rings. The van der Waals surface area contributed by atoms with Crippen LogP contribution in [0.15, 0.2) is 42.1 Å². The Hall–Kier alpha value is -2.88. The van der Waals surface area contributed by atoms with Gasteiger partial charge >= 0.3 is 5.97 Å². The van der Waals surface area contributed by atoms with Gasteiger partial charge in [-0.05, 0) is 54.6 Å². The Morgan fingerprint density at radius 1 is 1.07 bits per heavy atom. The summed E-state index contributed by atoms with van der Waals surface area (Å²) >= 11 is 6.00. The number of Topliss-reactive ketones (excluding diaryl/α,β-unsaturated/α-hetero) is 1. The summed E-state index contributed by atoms with van der Waals surface area (Å²) in [4.78, 5) is 27.2. The number of ether oxygens (including phenoxy) is 3. The average Bonchev–Trinajstić information content (AvgIpc) is 2.91. The molecule has 0 spiro atoms. The second kappa shape index (κ2) is 15.5. The highest BCUT2D eigenvalue weighted by Crippen LogP contribution is 2.34. The zero-order chi connectivity index (χ0) is 31.8. The van der Waals surface area contributed by atoms with Gasteiger partial charge in [0.05, 0.1) is 43.6 Å². The number of esters is 1. The van der Waals surface area contributed by atoms with Gasteiger partial charge in [0, 0.05) is 18.7 Å². The maximum Gasteiger partial charge on any atom is 0.343 e. The molecule has 0 aliphatic heterocycles. The number of hydrogen-bond acceptors (Lipinski definition) is 7. The summed E-state index contributed by atoms with van der Waals surface area (Å²) in [6.45, 7) is 16.4. The van der Waals surface area contributed by atoms with Crippen molar-refractivity contribution < 1.29 is 32.6 Å². The molecule has 2 aromatic rings. The second-order valence-electron chi connectivity index (χ2n) is 11.8. The van der Waals surface area contributed by atoms with Crippen molar-refractivity contribution in [3.05, 3.63) is 69.6 Å². The predicted molar refractivity (Wildman–Crippen MR) is 168 cm³/mol. The molecule has 1 N–H and O–H groups in total. The molecule has 7 nitrogen and oxygen atoms in total. The Balaban J connectivity index is 2.64. The summed E-state index contributed by atoms with van der Waals surface area (Å²) < 4.78 is 37.6. The number of benzene rings is 2. The topological polar surface area (TPSA) is 83.1 Å². The minimum atomic E-state index is -1.42. The van der Waals surface area contributed by atoms with E-state index in [0.717, 1.165) is 0 Å². The monoisotopic (exact) mass is 621 g/mol. The number of carbonyl (C=O) groups is 2. The van der Waals surface area contributed by atoms with Gasteiger partial charge in [0.1, 0.15) is 22.9 Å². The van der Waals surface area contributed by atoms with Crippen LogP contribution in [0.3, 0.4) is 0 Å². The van der Waals surface area contributed by atoms with E-state index in [1.165, 1.54) is 26.5 Å². The number of ketones is 1. The maximum atomic E-state index is 14.8. The van der Waals surface area contributed by atoms with E-state index in [4.69, 9.17) is 30.2 Å². The van der Waals surface area contributed by atoms with Gasteiger partial charge in [-0.15, -0.1) is 0 Å². The van der Waals surface area contributed by atoms with Crippen LogP contribution in [0, 0.1) is 17.2 Å². The first kappa shape index (κ1) is 35.3. The third-order valence-electron chi connectivity index (χ3n) is 6.74. The standard InChI is InChI=1S/C32H45ClFNO6Si/c1-11-40-31(37)23(18-35-28(19(2)3)30(32(4,5)6)41-42(9)10)29(36)22-16-21(25(38-7)17-26(22)39-8)15-20-13-12-14-24(33)27(20)34/h12-14,16-19,28,30,35,42H,11,15H2,1-10H3/t28-,30?/m0/s1. The summed E-state index contributed by atoms with van der Waals surface area (Å²) in [5.74, 6) is -1.23. The Morgan fingerprint density at radius 3 is 2.24 bits per heavy atom. The first-order valence-corrected chi connectivity index (χ1v) is 17.3. The van der Waals surface area contributed by atoms with E-state index < -0.39 is 26.6 Å². The number of methoxy groups -OCH3 is 2. The third kappa shape index (κ3) is 9.06. The third-order valence-corrected chi connectivity index (χ3v) is 7.87. The maximum absolute atomic E-state index is 14.8. The van der Waals surface area contributed by atoms with Crippen molar-refractivity contribution in [3.8, 4) is 11.5 Å². The van der Waals surface area contributed by atoms with Gasteiger partial charge in [0.15, 0.2) is 9.04 Å². The summed E-state index contributed by atoms with van der Waals surface area (Å²) in [6.07, 6.45) is 1.35. The van der Waals surface area contributed by atoms with Crippen molar-refractivity contribution >= 4 is 32.4 Å². The number of halogens is 2. The second-order valence-corrected chi connectivity index (χ2v) is 14.5. The number of carbonyl (C=O) groups excluding carboxylic acids is 2. The van der Waals surface area contributed by atoms with Crippen LogP contribution in [-0.4, -0.2) is 53.8 Å². The lowest BCUT2D eigenvalue weighted by Gasteiger charge is -2.40. The van der Waals surface area contributed by atoms with E-state index in [-0.39, 0.29) is 58.4 Å². The minimum absolute atomic E-state index is 0.00716. The van der Waals surface area contributed by atoms with Gasteiger partial charge in [-0.2, -0.15) is 0 Å². The van der Waals surface area contributed by atoms with Crippen LogP contribution in [0.5, 0.6) is 11.5 Å². The van der Waals surface area contributed by atoms with Gasteiger partial charge in [0.2, 0.25) is 5.78 Å². The van der Waals surface area contributed by atoms with Crippen LogP contribution >= 0.6 is 11.6 Å². The molecule has 2 aromatic carbocycles. The summed E-state index contributed by atoms with van der Waals surface area (Å²) in [7, 11) is 1.47. The molecule has 42 heavy (non-hydrogen) atoms. The van der Waals surface area contributed by atoms with Gasteiger partial charge in [-0.1, -0.05) is 58.4 Å². The smallest absolute Gasteiger partial charge is 0.343 e. The van der Waals surface area contributed by atoms with E-state index in [2.05, 4.69) is 53.0 Å². The molecule has 1 unspecified atom stereocenters. The van der Waals surface area contributed by atoms with Crippen molar-refractivity contribution in [1.29, 1.82) is 0 Å². The Bertz CT molecular complexity index is 1270. The van der Waals surface area contributed by atoms with Crippen molar-refractivity contribution in [2.75, 3.05) is 20.8 Å². The van der Waals surface area contributed by atoms with E-state index in [9.17, 15) is 14.0 Å². The first-order valence-electron chi connectivity index (χ1n) is 14.2. The molecule has 2 rings (SSSR count). The molecule has 0 bridgehead atoms. The zero-order valence-electron chi connectivity index (χ0n) is 26.4. The van der Waals surface area contributed by atoms with Crippen molar-refractivity contribution in [3.63, 3.8) is 0 Å². The summed E-state index contributed by atoms with van der Waals surface area (Å²) in [5, 5.41) is 3.33. The SMILES string of the molecule is CCOC(=O)C(=CN[C@@H](C(C)C)C(O[SiH](C)C)C(C)(C)C)C(=O)c1cc(Cc2cccc(Cl)c2F)c(OC)cc1OC. The highest BCUT2D eigenvalue weighted by Gasteiger charge is 2.36. The van der Waals surface area contributed by atoms with Crippen LogP contribution in [0.2, 0.25) is 18.1 Å². The fourth-order valence-electron chi connectivity index (χ4n) is 4.67. The lowest BCUT2D eigenvalue weighted by molar-refractivity contribution is -0.138. The van der Waals surface area contributed by atoms with Gasteiger partial charge in [-0.25, -0.2) is 9.18 Å². The molecule has 0 saturated carbocycles. The normalized spacial score (nSPS) is 13.6. The number of hydrogen-bond donors (Lipinski definition) is 1. The molecular weight excluding hydrogens is 577 g/mol. The molecule has 10 heteroatoms. The van der Waals surface area contributed by atoms with E-state index >= 15 is 0 Å². The van der Waals surface area contributed by atoms with E-state index in [0.29, 0.717) is 16.9 Å². The van der Waals surface area contributed by atoms with Crippen LogP contribution in [0.4, 0.5) is 4.39 Å². The lowest BCUT2D eigenvalue weighted by Crippen LogP contribution is -2.51. The summed E-state index contributed by atoms with van der Waals surface area (Å²) in [6, 6.07) is 7.63. The molecule has 0 heterocycles. The van der Waals surface area contributed by atoms with E-state index in [1.54, 1.807) is 31.2 Å². The zero-order valence-corrected chi connectivity index (χ0v) is 28.3. The largest absolute Gasteiger partial charge is 0.496 e. The van der Waals surface area contributed by atoms with E-state index in [1.807, 2.05) is 0 Å². The van der Waals surface area contributed by atoms with Crippen molar-refractivity contribution in [2.24, 2.45) is 11.3 Å². The van der Waals surface area contributed by atoms with Gasteiger partial charge in [0.25, 0.3) is 0 Å². The Labute approximate surface area is 256 Å². The Morgan fingerprint density at radius 2 is 1.71 bits per heavy atom. The van der Waals surface area contributed by atoms with Crippen molar-refractivity contribution in [2.45, 2.75) is 73.2 Å². The fourth-order valence-corrected chi connectivity index (χ4v) is 6.03. The Kier molecular flexibility index (Phi) is 13.1. The highest BCUT2D eigenvalue weighted by atomic mass is 35.5. The molecular formula is C32H45ClFNO6Si. The van der Waals surface area contributed by atoms with Crippen LogP contribution in [-0.2, 0) is 20.4 Å². The fraction of sp³-hybridized carbons (Fsp3) is 0.500. The summed E-state index contributed by atoms with van der Waals surface area (Å²) in [5.41, 5.74) is 0.553. The molecule has 0 aliphatic rings. The quantitative estimate of drug-likeness (QED) is 0.0624. The molecule has 0 aromatic heterocycles. The van der Waals surface area contributed by atoms with Crippen LogP contribution in [0.1, 0.15) is 63.0 Å². The number of nitrogens with one attached hydrogen (secondary N) is 1. The molecule has 0 aliphatic carbocycles. The highest BCUT2D eigenvalue weighted by molar-refractivity contribution is 6.48. The molecule has 0 amide bonds. The number of rotatable bonds is 14.